The molecule has 2 aromatic carbocycles. The second kappa shape index (κ2) is 7.39. The third-order valence-electron chi connectivity index (χ3n) is 3.61. The van der Waals surface area contributed by atoms with Crippen LogP contribution in [-0.4, -0.2) is 21.1 Å². The molecule has 2 aromatic rings. The summed E-state index contributed by atoms with van der Waals surface area (Å²) in [5, 5.41) is 12.2. The highest BCUT2D eigenvalue weighted by molar-refractivity contribution is 8.26. The normalized spacial score (nSPS) is 17.2. The van der Waals surface area contributed by atoms with E-state index >= 15 is 0 Å². The van der Waals surface area contributed by atoms with Crippen molar-refractivity contribution in [3.63, 3.8) is 0 Å². The average molecular weight is 389 g/mol. The smallest absolute Gasteiger partial charge is 0.267 e. The minimum Gasteiger partial charge on any atom is -0.547 e. The molecule has 0 aliphatic carbocycles. The largest absolute Gasteiger partial charge is 0.547 e. The van der Waals surface area contributed by atoms with Gasteiger partial charge in [-0.15, -0.1) is 0 Å². The second-order valence-electron chi connectivity index (χ2n) is 5.21. The van der Waals surface area contributed by atoms with Gasteiger partial charge >= 0.3 is 0 Å². The van der Waals surface area contributed by atoms with Crippen molar-refractivity contribution in [1.29, 1.82) is 0 Å². The van der Waals surface area contributed by atoms with E-state index in [1.807, 2.05) is 0 Å². The molecule has 1 saturated heterocycles. The van der Waals surface area contributed by atoms with Crippen LogP contribution in [0.1, 0.15) is 17.2 Å². The number of carboxylic acids is 1. The van der Waals surface area contributed by atoms with Gasteiger partial charge in [-0.05, 0) is 23.3 Å². The van der Waals surface area contributed by atoms with E-state index in [1.165, 1.54) is 0 Å². The number of hydrogen-bond donors (Lipinski definition) is 0. The van der Waals surface area contributed by atoms with Crippen molar-refractivity contribution in [2.45, 2.75) is 6.04 Å². The molecule has 0 unspecified atom stereocenters. The van der Waals surface area contributed by atoms with E-state index < -0.39 is 17.9 Å². The number of carbonyl (C=O) groups excluding carboxylic acids is 2. The Hall–Kier alpha value is -2.15. The highest BCUT2D eigenvalue weighted by atomic mass is 35.5. The molecule has 3 rings (SSSR count). The molecule has 4 nitrogen and oxygen atoms in total. The Balaban J connectivity index is 1.98. The number of thiocarbonyl (C=S) groups is 1. The van der Waals surface area contributed by atoms with Crippen molar-refractivity contribution in [3.8, 4) is 0 Å². The standard InChI is InChI=1S/C18H12ClNO3S2/c19-13-9-5-4-8-12(13)10-14-16(21)20(18(24)25-14)15(17(22)23)11-6-2-1-3-7-11/h1-10,15H,(H,22,23)/p-1/b14-10-/t15-/m0/s1. The summed E-state index contributed by atoms with van der Waals surface area (Å²) in [6.45, 7) is 0. The summed E-state index contributed by atoms with van der Waals surface area (Å²) in [7, 11) is 0. The van der Waals surface area contributed by atoms with Gasteiger partial charge < -0.3 is 9.90 Å². The van der Waals surface area contributed by atoms with Crippen LogP contribution in [0.25, 0.3) is 6.08 Å². The first-order chi connectivity index (χ1) is 12.0. The van der Waals surface area contributed by atoms with Gasteiger partial charge in [0, 0.05) is 5.02 Å². The number of thioether (sulfide) groups is 1. The lowest BCUT2D eigenvalue weighted by atomic mass is 10.1. The van der Waals surface area contributed by atoms with Gasteiger partial charge in [-0.3, -0.25) is 9.69 Å². The topological polar surface area (TPSA) is 60.4 Å². The Bertz CT molecular complexity index is 883. The highest BCUT2D eigenvalue weighted by Gasteiger charge is 2.38. The molecular weight excluding hydrogens is 378 g/mol. The van der Waals surface area contributed by atoms with Crippen LogP contribution >= 0.6 is 35.6 Å². The molecule has 25 heavy (non-hydrogen) atoms. The van der Waals surface area contributed by atoms with E-state index in [2.05, 4.69) is 0 Å². The van der Waals surface area contributed by atoms with Gasteiger partial charge in [0.05, 0.1) is 10.9 Å². The third-order valence-corrected chi connectivity index (χ3v) is 5.29. The summed E-state index contributed by atoms with van der Waals surface area (Å²) in [6.07, 6.45) is 1.61. The molecule has 1 aliphatic rings. The van der Waals surface area contributed by atoms with Gasteiger partial charge in [-0.2, -0.15) is 0 Å². The second-order valence-corrected chi connectivity index (χ2v) is 7.29. The maximum atomic E-state index is 12.8. The summed E-state index contributed by atoms with van der Waals surface area (Å²) in [6, 6.07) is 14.2. The SMILES string of the molecule is O=C([O-])[C@H](c1ccccc1)N1C(=O)/C(=C/c2ccccc2Cl)SC1=S. The van der Waals surface area contributed by atoms with E-state index in [-0.39, 0.29) is 4.32 Å². The number of nitrogens with zero attached hydrogens (tertiary/aromatic N) is 1. The van der Waals surface area contributed by atoms with E-state index in [0.717, 1.165) is 16.7 Å². The molecule has 1 amide bonds. The number of carboxylic acid groups (broad SMARTS) is 1. The van der Waals surface area contributed by atoms with E-state index in [1.54, 1.807) is 60.7 Å². The van der Waals surface area contributed by atoms with Crippen LogP contribution in [0.15, 0.2) is 59.5 Å². The number of carbonyl (C=O) groups is 2. The zero-order valence-corrected chi connectivity index (χ0v) is 15.1. The molecule has 1 fully saturated rings. The Morgan fingerprint density at radius 2 is 1.80 bits per heavy atom. The molecule has 126 valence electrons. The van der Waals surface area contributed by atoms with E-state index in [4.69, 9.17) is 23.8 Å². The van der Waals surface area contributed by atoms with Gasteiger partial charge in [0.15, 0.2) is 0 Å². The Kier molecular flexibility index (Phi) is 5.22. The lowest BCUT2D eigenvalue weighted by Crippen LogP contribution is -2.43. The summed E-state index contributed by atoms with van der Waals surface area (Å²) in [5.74, 6) is -1.87. The lowest BCUT2D eigenvalue weighted by molar-refractivity contribution is -0.310. The lowest BCUT2D eigenvalue weighted by Gasteiger charge is -2.27. The van der Waals surface area contributed by atoms with Gasteiger partial charge in [0.2, 0.25) is 0 Å². The van der Waals surface area contributed by atoms with Crippen LogP contribution in [0.2, 0.25) is 5.02 Å². The molecule has 0 aromatic heterocycles. The van der Waals surface area contributed by atoms with Crippen LogP contribution in [0, 0.1) is 0 Å². The van der Waals surface area contributed by atoms with E-state index in [9.17, 15) is 14.7 Å². The van der Waals surface area contributed by atoms with Crippen LogP contribution in [0.5, 0.6) is 0 Å². The van der Waals surface area contributed by atoms with Crippen molar-refractivity contribution < 1.29 is 14.7 Å². The Morgan fingerprint density at radius 1 is 1.16 bits per heavy atom. The third kappa shape index (κ3) is 3.61. The first-order valence-corrected chi connectivity index (χ1v) is 8.86. The minimum atomic E-state index is -1.39. The number of rotatable bonds is 4. The quantitative estimate of drug-likeness (QED) is 0.595. The van der Waals surface area contributed by atoms with Crippen molar-refractivity contribution >= 4 is 57.9 Å². The van der Waals surface area contributed by atoms with Gasteiger partial charge in [-0.25, -0.2) is 0 Å². The summed E-state index contributed by atoms with van der Waals surface area (Å²) >= 11 is 12.4. The number of halogens is 1. The van der Waals surface area contributed by atoms with Gasteiger partial charge in [0.25, 0.3) is 5.91 Å². The van der Waals surface area contributed by atoms with Gasteiger partial charge in [-0.1, -0.05) is 84.1 Å². The van der Waals surface area contributed by atoms with Crippen LogP contribution in [-0.2, 0) is 9.59 Å². The van der Waals surface area contributed by atoms with Gasteiger partial charge in [0.1, 0.15) is 10.4 Å². The average Bonchev–Trinajstić information content (AvgIpc) is 2.86. The molecule has 0 N–H and O–H groups in total. The van der Waals surface area contributed by atoms with Crippen molar-refractivity contribution in [2.75, 3.05) is 0 Å². The molecule has 0 saturated carbocycles. The number of benzene rings is 2. The monoisotopic (exact) mass is 388 g/mol. The zero-order valence-electron chi connectivity index (χ0n) is 12.7. The van der Waals surface area contributed by atoms with Crippen molar-refractivity contribution in [2.24, 2.45) is 0 Å². The van der Waals surface area contributed by atoms with Crippen LogP contribution < -0.4 is 5.11 Å². The summed E-state index contributed by atoms with van der Waals surface area (Å²) in [5.41, 5.74) is 1.09. The molecule has 0 spiro atoms. The number of aliphatic carboxylic acids is 1. The number of amides is 1. The first kappa shape index (κ1) is 17.7. The molecule has 1 aliphatic heterocycles. The molecule has 7 heteroatoms. The fourth-order valence-corrected chi connectivity index (χ4v) is 3.96. The maximum absolute atomic E-state index is 12.8. The zero-order chi connectivity index (χ0) is 18.0. The maximum Gasteiger partial charge on any atom is 0.267 e. The number of hydrogen-bond acceptors (Lipinski definition) is 5. The molecular formula is C18H11ClNO3S2-. The van der Waals surface area contributed by atoms with E-state index in [0.29, 0.717) is 21.1 Å². The predicted octanol–water partition coefficient (Wildman–Crippen LogP) is 3.03. The minimum absolute atomic E-state index is 0.168. The first-order valence-electron chi connectivity index (χ1n) is 7.26. The highest BCUT2D eigenvalue weighted by Crippen LogP contribution is 2.38. The fourth-order valence-electron chi connectivity index (χ4n) is 2.46. The van der Waals surface area contributed by atoms with Crippen LogP contribution in [0.4, 0.5) is 0 Å². The molecule has 1 atom stereocenters. The predicted molar refractivity (Wildman–Crippen MR) is 101 cm³/mol. The summed E-state index contributed by atoms with van der Waals surface area (Å²) < 4.78 is 0.168. The fraction of sp³-hybridized carbons (Fsp3) is 0.0556. The molecule has 1 heterocycles. The van der Waals surface area contributed by atoms with Crippen molar-refractivity contribution in [1.82, 2.24) is 4.90 Å². The summed E-state index contributed by atoms with van der Waals surface area (Å²) in [4.78, 5) is 25.8. The Labute approximate surface area is 159 Å². The molecule has 0 radical (unpaired) electrons. The molecule has 0 bridgehead atoms. The van der Waals surface area contributed by atoms with Crippen molar-refractivity contribution in [3.05, 3.63) is 75.7 Å². The van der Waals surface area contributed by atoms with Crippen LogP contribution in [0.3, 0.4) is 0 Å². The Morgan fingerprint density at radius 3 is 2.44 bits per heavy atom.